The number of methoxy groups -OCH3 is 2. The quantitative estimate of drug-likeness (QED) is 0.399. The first-order chi connectivity index (χ1) is 17.5. The highest BCUT2D eigenvalue weighted by Crippen LogP contribution is 2.31. The molecule has 0 fully saturated rings. The molecule has 1 N–H and O–H groups in total. The lowest BCUT2D eigenvalue weighted by atomic mass is 10.0. The van der Waals surface area contributed by atoms with E-state index in [9.17, 15) is 14.4 Å². The molecule has 0 saturated carbocycles. The summed E-state index contributed by atoms with van der Waals surface area (Å²) in [5.74, 6) is -0.219. The second-order valence-corrected chi connectivity index (χ2v) is 8.30. The number of aromatic nitrogens is 1. The van der Waals surface area contributed by atoms with Crippen LogP contribution in [0.1, 0.15) is 26.3 Å². The van der Waals surface area contributed by atoms with E-state index >= 15 is 0 Å². The van der Waals surface area contributed by atoms with Crippen LogP contribution in [0.3, 0.4) is 0 Å². The molecule has 0 unspecified atom stereocenters. The molecule has 0 saturated heterocycles. The number of anilines is 1. The third kappa shape index (κ3) is 4.02. The van der Waals surface area contributed by atoms with Crippen molar-refractivity contribution in [2.24, 2.45) is 0 Å². The number of imide groups is 1. The second-order valence-electron chi connectivity index (χ2n) is 8.30. The van der Waals surface area contributed by atoms with Crippen molar-refractivity contribution in [1.82, 2.24) is 9.88 Å². The summed E-state index contributed by atoms with van der Waals surface area (Å²) in [6.45, 7) is 0. The molecule has 5 rings (SSSR count). The Hall–Kier alpha value is -4.72. The van der Waals surface area contributed by atoms with Crippen LogP contribution in [0.15, 0.2) is 79.0 Å². The molecule has 8 heteroatoms. The number of hydrogen-bond donors (Lipinski definition) is 1. The number of carbonyl (C=O) groups is 3. The van der Waals surface area contributed by atoms with Crippen molar-refractivity contribution in [3.8, 4) is 11.5 Å². The van der Waals surface area contributed by atoms with Crippen molar-refractivity contribution in [1.29, 1.82) is 0 Å². The predicted molar refractivity (Wildman–Crippen MR) is 134 cm³/mol. The van der Waals surface area contributed by atoms with Gasteiger partial charge in [0.15, 0.2) is 0 Å². The molecule has 8 nitrogen and oxygen atoms in total. The van der Waals surface area contributed by atoms with Gasteiger partial charge in [0.2, 0.25) is 5.91 Å². The Labute approximate surface area is 207 Å². The zero-order valence-electron chi connectivity index (χ0n) is 19.7. The molecular weight excluding hydrogens is 458 g/mol. The largest absolute Gasteiger partial charge is 0.497 e. The van der Waals surface area contributed by atoms with Gasteiger partial charge >= 0.3 is 0 Å². The van der Waals surface area contributed by atoms with Gasteiger partial charge in [-0.25, -0.2) is 0 Å². The van der Waals surface area contributed by atoms with Crippen molar-refractivity contribution in [2.75, 3.05) is 19.5 Å². The summed E-state index contributed by atoms with van der Waals surface area (Å²) in [6.07, 6.45) is 1.75. The lowest BCUT2D eigenvalue weighted by Crippen LogP contribution is -2.48. The molecule has 0 radical (unpaired) electrons. The first kappa shape index (κ1) is 23.0. The van der Waals surface area contributed by atoms with E-state index < -0.39 is 23.8 Å². The zero-order valence-corrected chi connectivity index (χ0v) is 19.7. The lowest BCUT2D eigenvalue weighted by molar-refractivity contribution is -0.119. The van der Waals surface area contributed by atoms with Crippen molar-refractivity contribution < 1.29 is 23.9 Å². The number of ether oxygens (including phenoxy) is 2. The van der Waals surface area contributed by atoms with E-state index in [4.69, 9.17) is 9.47 Å². The van der Waals surface area contributed by atoms with Crippen molar-refractivity contribution in [3.63, 3.8) is 0 Å². The van der Waals surface area contributed by atoms with Crippen LogP contribution in [-0.2, 0) is 11.2 Å². The van der Waals surface area contributed by atoms with Crippen LogP contribution in [0.4, 0.5) is 5.69 Å². The Morgan fingerprint density at radius 2 is 1.58 bits per heavy atom. The highest BCUT2D eigenvalue weighted by Gasteiger charge is 2.42. The van der Waals surface area contributed by atoms with Crippen LogP contribution >= 0.6 is 0 Å². The lowest BCUT2D eigenvalue weighted by Gasteiger charge is -2.26. The smallest absolute Gasteiger partial charge is 0.262 e. The second kappa shape index (κ2) is 9.50. The normalized spacial score (nSPS) is 13.4. The van der Waals surface area contributed by atoms with E-state index in [1.54, 1.807) is 75.0 Å². The fourth-order valence-corrected chi connectivity index (χ4v) is 4.42. The van der Waals surface area contributed by atoms with Crippen LogP contribution in [0.25, 0.3) is 10.9 Å². The first-order valence-corrected chi connectivity index (χ1v) is 11.3. The number of benzene rings is 3. The summed E-state index contributed by atoms with van der Waals surface area (Å²) in [5, 5.41) is 3.62. The Morgan fingerprint density at radius 1 is 0.889 bits per heavy atom. The van der Waals surface area contributed by atoms with E-state index in [1.165, 1.54) is 0 Å². The average Bonchev–Trinajstić information content (AvgIpc) is 3.17. The molecule has 1 atom stereocenters. The SMILES string of the molecule is COc1ccc(C[C@@H](C(=O)Nc2ccc(OC)c3cccnc23)N2C(=O)c3ccccc3C2=O)cc1. The molecule has 4 aromatic rings. The number of nitrogens with one attached hydrogen (secondary N) is 1. The van der Waals surface area contributed by atoms with Crippen molar-refractivity contribution >= 4 is 34.3 Å². The van der Waals surface area contributed by atoms with Gasteiger partial charge in [-0.2, -0.15) is 0 Å². The van der Waals surface area contributed by atoms with E-state index in [0.717, 1.165) is 15.8 Å². The molecule has 180 valence electrons. The fraction of sp³-hybridized carbons (Fsp3) is 0.143. The minimum atomic E-state index is -1.09. The number of hydrogen-bond acceptors (Lipinski definition) is 6. The minimum Gasteiger partial charge on any atom is -0.497 e. The fourth-order valence-electron chi connectivity index (χ4n) is 4.42. The first-order valence-electron chi connectivity index (χ1n) is 11.3. The maximum absolute atomic E-state index is 13.7. The highest BCUT2D eigenvalue weighted by atomic mass is 16.5. The van der Waals surface area contributed by atoms with E-state index in [0.29, 0.717) is 22.7 Å². The molecule has 1 aromatic heterocycles. The Balaban J connectivity index is 1.52. The maximum Gasteiger partial charge on any atom is 0.262 e. The van der Waals surface area contributed by atoms with Crippen molar-refractivity contribution in [3.05, 3.63) is 95.7 Å². The summed E-state index contributed by atoms with van der Waals surface area (Å²) in [7, 11) is 3.13. The molecule has 0 aliphatic carbocycles. The molecule has 2 heterocycles. The molecule has 0 spiro atoms. The average molecular weight is 482 g/mol. The molecule has 3 aromatic carbocycles. The van der Waals surface area contributed by atoms with Gasteiger partial charge in [-0.05, 0) is 54.1 Å². The van der Waals surface area contributed by atoms with Gasteiger partial charge in [0.1, 0.15) is 17.5 Å². The van der Waals surface area contributed by atoms with E-state index in [-0.39, 0.29) is 17.5 Å². The van der Waals surface area contributed by atoms with E-state index in [1.807, 2.05) is 18.2 Å². The summed E-state index contributed by atoms with van der Waals surface area (Å²) in [4.78, 5) is 45.7. The highest BCUT2D eigenvalue weighted by molar-refractivity contribution is 6.23. The van der Waals surface area contributed by atoms with Crippen LogP contribution in [0.5, 0.6) is 11.5 Å². The Bertz CT molecular complexity index is 1450. The summed E-state index contributed by atoms with van der Waals surface area (Å²) >= 11 is 0. The third-order valence-electron chi connectivity index (χ3n) is 6.24. The summed E-state index contributed by atoms with van der Waals surface area (Å²) in [5.41, 5.74) is 2.33. The van der Waals surface area contributed by atoms with Gasteiger partial charge in [0.25, 0.3) is 11.8 Å². The van der Waals surface area contributed by atoms with Crippen LogP contribution < -0.4 is 14.8 Å². The minimum absolute atomic E-state index is 0.128. The van der Waals surface area contributed by atoms with Gasteiger partial charge in [0.05, 0.1) is 36.6 Å². The molecule has 3 amide bonds. The number of rotatable bonds is 7. The number of nitrogens with zero attached hydrogens (tertiary/aromatic N) is 2. The Kier molecular flexibility index (Phi) is 6.08. The third-order valence-corrected chi connectivity index (χ3v) is 6.24. The van der Waals surface area contributed by atoms with Crippen LogP contribution in [0.2, 0.25) is 0 Å². The summed E-state index contributed by atoms with van der Waals surface area (Å²) in [6, 6.07) is 19.7. The molecular formula is C28H23N3O5. The molecule has 1 aliphatic rings. The zero-order chi connectivity index (χ0) is 25.2. The van der Waals surface area contributed by atoms with Crippen LogP contribution in [-0.4, -0.2) is 47.9 Å². The topological polar surface area (TPSA) is 97.8 Å². The molecule has 1 aliphatic heterocycles. The number of carbonyl (C=O) groups excluding carboxylic acids is 3. The van der Waals surface area contributed by atoms with E-state index in [2.05, 4.69) is 10.3 Å². The van der Waals surface area contributed by atoms with Crippen molar-refractivity contribution in [2.45, 2.75) is 12.5 Å². The van der Waals surface area contributed by atoms with Crippen LogP contribution in [0, 0.1) is 0 Å². The van der Waals surface area contributed by atoms with Gasteiger partial charge in [-0.3, -0.25) is 24.3 Å². The number of amides is 3. The van der Waals surface area contributed by atoms with Gasteiger partial charge in [-0.15, -0.1) is 0 Å². The summed E-state index contributed by atoms with van der Waals surface area (Å²) < 4.78 is 10.6. The number of pyridine rings is 1. The van der Waals surface area contributed by atoms with Gasteiger partial charge in [-0.1, -0.05) is 24.3 Å². The predicted octanol–water partition coefficient (Wildman–Crippen LogP) is 4.10. The molecule has 36 heavy (non-hydrogen) atoms. The number of fused-ring (bicyclic) bond motifs is 2. The standard InChI is InChI=1S/C28H23N3O5/c1-35-18-11-9-17(10-12-18)16-23(31-27(33)19-6-3-4-7-20(19)28(31)34)26(32)30-22-13-14-24(36-2)21-8-5-15-29-25(21)22/h3-15,23H,16H2,1-2H3,(H,30,32)/t23-/m0/s1. The monoisotopic (exact) mass is 481 g/mol. The van der Waals surface area contributed by atoms with Gasteiger partial charge < -0.3 is 14.8 Å². The van der Waals surface area contributed by atoms with Gasteiger partial charge in [0, 0.05) is 18.0 Å². The molecule has 0 bridgehead atoms. The maximum atomic E-state index is 13.7. The Morgan fingerprint density at radius 3 is 2.22 bits per heavy atom.